The molecule has 104 valence electrons. The standard InChI is InChI=1S/C9H13NO.C3H7NO.C2H6/c1-4-6-7-8(5-2)9(11)10-3;1-3(5)4-2;1-2/h4-7H,1H2,2-3H3,(H,10,11);1-2H3,(H,4,5);1-2H3/b7-6-,8-5+;;. The highest BCUT2D eigenvalue weighted by Crippen LogP contribution is 1.95. The monoisotopic (exact) mass is 254 g/mol. The molecule has 0 aromatic rings. The van der Waals surface area contributed by atoms with Crippen molar-refractivity contribution in [3.05, 3.63) is 36.5 Å². The third-order valence-electron chi connectivity index (χ3n) is 1.56. The van der Waals surface area contributed by atoms with Crippen molar-refractivity contribution in [1.29, 1.82) is 0 Å². The summed E-state index contributed by atoms with van der Waals surface area (Å²) in [5, 5.41) is 4.92. The van der Waals surface area contributed by atoms with Gasteiger partial charge < -0.3 is 10.6 Å². The summed E-state index contributed by atoms with van der Waals surface area (Å²) in [6.45, 7) is 10.8. The summed E-state index contributed by atoms with van der Waals surface area (Å²) < 4.78 is 0. The predicted octanol–water partition coefficient (Wildman–Crippen LogP) is 2.20. The van der Waals surface area contributed by atoms with E-state index in [4.69, 9.17) is 0 Å². The molecule has 0 fully saturated rings. The Hall–Kier alpha value is -1.84. The first kappa shape index (κ1) is 21.4. The molecule has 2 amide bonds. The van der Waals surface area contributed by atoms with Crippen molar-refractivity contribution in [2.45, 2.75) is 27.7 Å². The van der Waals surface area contributed by atoms with E-state index < -0.39 is 0 Å². The Morgan fingerprint density at radius 1 is 1.11 bits per heavy atom. The number of carbonyl (C=O) groups is 2. The van der Waals surface area contributed by atoms with Crippen molar-refractivity contribution in [1.82, 2.24) is 10.6 Å². The van der Waals surface area contributed by atoms with Crippen LogP contribution in [0.15, 0.2) is 36.5 Å². The van der Waals surface area contributed by atoms with Gasteiger partial charge in [0.15, 0.2) is 0 Å². The molecule has 4 nitrogen and oxygen atoms in total. The van der Waals surface area contributed by atoms with Gasteiger partial charge in [-0.2, -0.15) is 0 Å². The number of amides is 2. The normalized spacial score (nSPS) is 9.33. The van der Waals surface area contributed by atoms with E-state index in [0.29, 0.717) is 5.57 Å². The van der Waals surface area contributed by atoms with E-state index in [2.05, 4.69) is 17.2 Å². The molecular formula is C14H26N2O2. The smallest absolute Gasteiger partial charge is 0.250 e. The number of carbonyl (C=O) groups excluding carboxylic acids is 2. The number of hydrogen-bond donors (Lipinski definition) is 2. The van der Waals surface area contributed by atoms with Crippen molar-refractivity contribution in [2.75, 3.05) is 14.1 Å². The molecule has 0 aromatic heterocycles. The number of hydrogen-bond acceptors (Lipinski definition) is 2. The average Bonchev–Trinajstić information content (AvgIpc) is 2.42. The van der Waals surface area contributed by atoms with Gasteiger partial charge >= 0.3 is 0 Å². The van der Waals surface area contributed by atoms with Crippen molar-refractivity contribution in [3.63, 3.8) is 0 Å². The molecule has 0 rings (SSSR count). The summed E-state index contributed by atoms with van der Waals surface area (Å²) in [6, 6.07) is 0. The van der Waals surface area contributed by atoms with Crippen molar-refractivity contribution in [2.24, 2.45) is 0 Å². The lowest BCUT2D eigenvalue weighted by atomic mass is 10.2. The Labute approximate surface area is 111 Å². The largest absolute Gasteiger partial charge is 0.359 e. The van der Waals surface area contributed by atoms with Crippen LogP contribution in [0.3, 0.4) is 0 Å². The van der Waals surface area contributed by atoms with Gasteiger partial charge in [-0.1, -0.05) is 38.7 Å². The minimum atomic E-state index is -0.0781. The number of likely N-dealkylation sites (N-methyl/N-ethyl adjacent to an activating group) is 1. The van der Waals surface area contributed by atoms with Crippen LogP contribution >= 0.6 is 0 Å². The minimum Gasteiger partial charge on any atom is -0.359 e. The minimum absolute atomic E-state index is 0.00463. The topological polar surface area (TPSA) is 58.2 Å². The van der Waals surface area contributed by atoms with E-state index in [-0.39, 0.29) is 11.8 Å². The van der Waals surface area contributed by atoms with E-state index >= 15 is 0 Å². The molecule has 0 saturated heterocycles. The van der Waals surface area contributed by atoms with Crippen LogP contribution in [0.2, 0.25) is 0 Å². The van der Waals surface area contributed by atoms with Crippen molar-refractivity contribution < 1.29 is 9.59 Å². The molecule has 0 spiro atoms. The van der Waals surface area contributed by atoms with Gasteiger partial charge in [0.2, 0.25) is 5.91 Å². The summed E-state index contributed by atoms with van der Waals surface area (Å²) in [5.74, 6) is -0.0735. The molecule has 0 saturated carbocycles. The molecule has 0 heterocycles. The van der Waals surface area contributed by atoms with Crippen LogP contribution in [-0.2, 0) is 9.59 Å². The summed E-state index contributed by atoms with van der Waals surface area (Å²) >= 11 is 0. The van der Waals surface area contributed by atoms with Crippen LogP contribution in [0, 0.1) is 0 Å². The Kier molecular flexibility index (Phi) is 20.9. The van der Waals surface area contributed by atoms with Gasteiger partial charge in [0.1, 0.15) is 0 Å². The van der Waals surface area contributed by atoms with E-state index in [9.17, 15) is 9.59 Å². The molecule has 2 N–H and O–H groups in total. The van der Waals surface area contributed by atoms with Crippen molar-refractivity contribution >= 4 is 11.8 Å². The highest BCUT2D eigenvalue weighted by molar-refractivity contribution is 5.95. The first-order chi connectivity index (χ1) is 8.53. The summed E-state index contributed by atoms with van der Waals surface area (Å²) in [6.07, 6.45) is 6.82. The van der Waals surface area contributed by atoms with E-state index in [0.717, 1.165) is 0 Å². The predicted molar refractivity (Wildman–Crippen MR) is 78.2 cm³/mol. The maximum atomic E-state index is 11.0. The van der Waals surface area contributed by atoms with Gasteiger partial charge in [-0.25, -0.2) is 0 Å². The molecule has 0 aliphatic rings. The Morgan fingerprint density at radius 2 is 1.56 bits per heavy atom. The van der Waals surface area contributed by atoms with Crippen LogP contribution in [0.1, 0.15) is 27.7 Å². The second-order valence-corrected chi connectivity index (χ2v) is 2.72. The van der Waals surface area contributed by atoms with Gasteiger partial charge in [0.25, 0.3) is 5.91 Å². The first-order valence-corrected chi connectivity index (χ1v) is 5.89. The maximum Gasteiger partial charge on any atom is 0.250 e. The molecule has 0 bridgehead atoms. The lowest BCUT2D eigenvalue weighted by Crippen LogP contribution is -2.18. The molecule has 4 heteroatoms. The number of nitrogens with one attached hydrogen (secondary N) is 2. The highest BCUT2D eigenvalue weighted by Gasteiger charge is 1.99. The van der Waals surface area contributed by atoms with Gasteiger partial charge in [0, 0.05) is 26.6 Å². The average molecular weight is 254 g/mol. The van der Waals surface area contributed by atoms with Gasteiger partial charge in [-0.3, -0.25) is 9.59 Å². The number of allylic oxidation sites excluding steroid dienone is 3. The molecule has 0 radical (unpaired) electrons. The molecule has 0 aromatic carbocycles. The van der Waals surface area contributed by atoms with Gasteiger partial charge in [-0.15, -0.1) is 0 Å². The molecule has 0 aliphatic carbocycles. The second-order valence-electron chi connectivity index (χ2n) is 2.72. The summed E-state index contributed by atoms with van der Waals surface area (Å²) in [7, 11) is 3.20. The van der Waals surface area contributed by atoms with E-state index in [1.807, 2.05) is 20.8 Å². The summed E-state index contributed by atoms with van der Waals surface area (Å²) in [4.78, 5) is 20.7. The van der Waals surface area contributed by atoms with Crippen LogP contribution in [0.4, 0.5) is 0 Å². The summed E-state index contributed by atoms with van der Waals surface area (Å²) in [5.41, 5.74) is 0.646. The highest BCUT2D eigenvalue weighted by atomic mass is 16.2. The second kappa shape index (κ2) is 17.6. The van der Waals surface area contributed by atoms with Crippen LogP contribution in [-0.4, -0.2) is 25.9 Å². The van der Waals surface area contributed by atoms with Crippen LogP contribution in [0.25, 0.3) is 0 Å². The number of rotatable bonds is 3. The van der Waals surface area contributed by atoms with Crippen LogP contribution < -0.4 is 10.6 Å². The Morgan fingerprint density at radius 3 is 1.78 bits per heavy atom. The fourth-order valence-corrected chi connectivity index (χ4v) is 0.619. The Balaban J connectivity index is -0.000000270. The fraction of sp³-hybridized carbons (Fsp3) is 0.429. The zero-order chi connectivity index (χ0) is 15.0. The van der Waals surface area contributed by atoms with E-state index in [1.54, 1.807) is 38.4 Å². The third kappa shape index (κ3) is 16.6. The molecule has 0 atom stereocenters. The zero-order valence-electron chi connectivity index (χ0n) is 12.3. The van der Waals surface area contributed by atoms with Crippen molar-refractivity contribution in [3.8, 4) is 0 Å². The zero-order valence-corrected chi connectivity index (χ0v) is 12.3. The van der Waals surface area contributed by atoms with E-state index in [1.165, 1.54) is 6.92 Å². The SMILES string of the molecule is C=C/C=C\C(=C/C)C(=O)NC.CC.CNC(C)=O. The lowest BCUT2D eigenvalue weighted by molar-refractivity contribution is -0.118. The van der Waals surface area contributed by atoms with Crippen LogP contribution in [0.5, 0.6) is 0 Å². The third-order valence-corrected chi connectivity index (χ3v) is 1.56. The Bertz CT molecular complexity index is 292. The van der Waals surface area contributed by atoms with Gasteiger partial charge in [0.05, 0.1) is 0 Å². The maximum absolute atomic E-state index is 11.0. The fourth-order valence-electron chi connectivity index (χ4n) is 0.619. The molecule has 0 unspecified atom stereocenters. The first-order valence-electron chi connectivity index (χ1n) is 5.89. The quantitative estimate of drug-likeness (QED) is 0.599. The van der Waals surface area contributed by atoms with Gasteiger partial charge in [-0.05, 0) is 13.0 Å². The molecule has 0 aliphatic heterocycles. The lowest BCUT2D eigenvalue weighted by Gasteiger charge is -1.97. The molecule has 18 heavy (non-hydrogen) atoms. The molecular weight excluding hydrogens is 228 g/mol.